The van der Waals surface area contributed by atoms with Crippen LogP contribution in [0.15, 0.2) is 0 Å². The number of hydrogen-bond acceptors (Lipinski definition) is 3. The summed E-state index contributed by atoms with van der Waals surface area (Å²) in [7, 11) is 0. The fraction of sp³-hybridized carbons (Fsp3) is 0.917. The van der Waals surface area contributed by atoms with Crippen molar-refractivity contribution < 1.29 is 15.0 Å². The van der Waals surface area contributed by atoms with Crippen LogP contribution in [0.25, 0.3) is 0 Å². The van der Waals surface area contributed by atoms with Crippen molar-refractivity contribution in [2.24, 2.45) is 0 Å². The zero-order valence-electron chi connectivity index (χ0n) is 9.69. The molecule has 4 nitrogen and oxygen atoms in total. The van der Waals surface area contributed by atoms with Gasteiger partial charge in [0.2, 0.25) is 0 Å². The van der Waals surface area contributed by atoms with E-state index in [2.05, 4.69) is 4.90 Å². The van der Waals surface area contributed by atoms with Crippen LogP contribution in [0.1, 0.15) is 44.9 Å². The third kappa shape index (κ3) is 2.38. The topological polar surface area (TPSA) is 60.8 Å². The molecule has 2 rings (SSSR count). The average molecular weight is 227 g/mol. The molecule has 0 aromatic heterocycles. The predicted molar refractivity (Wildman–Crippen MR) is 60.3 cm³/mol. The monoisotopic (exact) mass is 227 g/mol. The quantitative estimate of drug-likeness (QED) is 0.745. The minimum Gasteiger partial charge on any atom is -0.479 e. The lowest BCUT2D eigenvalue weighted by Crippen LogP contribution is -2.56. The molecule has 1 saturated carbocycles. The molecule has 0 radical (unpaired) electrons. The fourth-order valence-corrected chi connectivity index (χ4v) is 3.00. The number of nitrogens with zero attached hydrogens (tertiary/aromatic N) is 1. The molecular weight excluding hydrogens is 206 g/mol. The van der Waals surface area contributed by atoms with Crippen LogP contribution >= 0.6 is 0 Å². The van der Waals surface area contributed by atoms with Gasteiger partial charge in [0.15, 0.2) is 5.60 Å². The van der Waals surface area contributed by atoms with Crippen LogP contribution in [0.2, 0.25) is 0 Å². The van der Waals surface area contributed by atoms with E-state index in [1.54, 1.807) is 0 Å². The maximum absolute atomic E-state index is 11.0. The van der Waals surface area contributed by atoms with Crippen molar-refractivity contribution in [1.29, 1.82) is 0 Å². The van der Waals surface area contributed by atoms with Crippen LogP contribution < -0.4 is 0 Å². The third-order valence-electron chi connectivity index (χ3n) is 3.99. The van der Waals surface area contributed by atoms with Crippen molar-refractivity contribution in [3.63, 3.8) is 0 Å². The van der Waals surface area contributed by atoms with Crippen LogP contribution in [0.3, 0.4) is 0 Å². The van der Waals surface area contributed by atoms with E-state index in [9.17, 15) is 9.90 Å². The third-order valence-corrected chi connectivity index (χ3v) is 3.99. The van der Waals surface area contributed by atoms with E-state index in [1.165, 1.54) is 19.3 Å². The second-order valence-corrected chi connectivity index (χ2v) is 5.20. The predicted octanol–water partition coefficient (Wildman–Crippen LogP) is 1.23. The molecule has 1 unspecified atom stereocenters. The van der Waals surface area contributed by atoms with Crippen molar-refractivity contribution >= 4 is 5.97 Å². The molecule has 0 aromatic carbocycles. The zero-order chi connectivity index (χ0) is 11.6. The zero-order valence-corrected chi connectivity index (χ0v) is 9.69. The largest absolute Gasteiger partial charge is 0.479 e. The summed E-state index contributed by atoms with van der Waals surface area (Å²) in [5.41, 5.74) is -1.50. The van der Waals surface area contributed by atoms with E-state index in [0.717, 1.165) is 25.8 Å². The number of β-amino-alcohol motifs (C(OH)–C–C–N with tert-alkyl or cyclic N) is 1. The normalized spacial score (nSPS) is 33.8. The summed E-state index contributed by atoms with van der Waals surface area (Å²) in [5.74, 6) is -1.06. The van der Waals surface area contributed by atoms with Gasteiger partial charge in [0.05, 0.1) is 0 Å². The Morgan fingerprint density at radius 3 is 2.50 bits per heavy atom. The number of carbonyl (C=O) groups is 1. The summed E-state index contributed by atoms with van der Waals surface area (Å²) in [6.07, 6.45) is 7.29. The highest BCUT2D eigenvalue weighted by atomic mass is 16.4. The van der Waals surface area contributed by atoms with Gasteiger partial charge >= 0.3 is 5.97 Å². The Kier molecular flexibility index (Phi) is 3.50. The SMILES string of the molecule is O=C(O)C1(O)CCCN(C2CCCCC2)C1. The number of likely N-dealkylation sites (tertiary alicyclic amines) is 1. The number of rotatable bonds is 2. The number of hydrogen-bond donors (Lipinski definition) is 2. The van der Waals surface area contributed by atoms with E-state index in [-0.39, 0.29) is 0 Å². The molecule has 0 bridgehead atoms. The molecule has 1 aliphatic heterocycles. The van der Waals surface area contributed by atoms with Crippen molar-refractivity contribution in [2.45, 2.75) is 56.6 Å². The highest BCUT2D eigenvalue weighted by Crippen LogP contribution is 2.28. The van der Waals surface area contributed by atoms with Crippen LogP contribution in [0.4, 0.5) is 0 Å². The molecule has 1 atom stereocenters. The Morgan fingerprint density at radius 1 is 1.19 bits per heavy atom. The first kappa shape index (κ1) is 11.9. The Balaban J connectivity index is 1.98. The highest BCUT2D eigenvalue weighted by molar-refractivity contribution is 5.77. The molecule has 4 heteroatoms. The molecule has 16 heavy (non-hydrogen) atoms. The van der Waals surface area contributed by atoms with Gasteiger partial charge < -0.3 is 10.2 Å². The lowest BCUT2D eigenvalue weighted by Gasteiger charge is -2.42. The highest BCUT2D eigenvalue weighted by Gasteiger charge is 2.42. The first-order chi connectivity index (χ1) is 7.62. The van der Waals surface area contributed by atoms with Crippen LogP contribution in [-0.2, 0) is 4.79 Å². The van der Waals surface area contributed by atoms with Gasteiger partial charge in [-0.25, -0.2) is 4.79 Å². The maximum Gasteiger partial charge on any atom is 0.337 e. The molecule has 2 N–H and O–H groups in total. The molecular formula is C12H21NO3. The standard InChI is InChI=1S/C12H21NO3/c14-11(15)12(16)7-4-8-13(9-12)10-5-2-1-3-6-10/h10,16H,1-9H2,(H,14,15). The smallest absolute Gasteiger partial charge is 0.337 e. The fourth-order valence-electron chi connectivity index (χ4n) is 3.00. The molecule has 2 aliphatic rings. The van der Waals surface area contributed by atoms with Crippen LogP contribution in [0.5, 0.6) is 0 Å². The van der Waals surface area contributed by atoms with Crippen LogP contribution in [0, 0.1) is 0 Å². The summed E-state index contributed by atoms with van der Waals surface area (Å²) < 4.78 is 0. The molecule has 1 heterocycles. The number of carboxylic acids is 1. The summed E-state index contributed by atoms with van der Waals surface area (Å²) >= 11 is 0. The summed E-state index contributed by atoms with van der Waals surface area (Å²) in [5, 5.41) is 19.0. The van der Waals surface area contributed by atoms with Crippen LogP contribution in [-0.4, -0.2) is 45.8 Å². The number of aliphatic carboxylic acids is 1. The Bertz CT molecular complexity index is 263. The number of aliphatic hydroxyl groups is 1. The second kappa shape index (κ2) is 4.72. The Hall–Kier alpha value is -0.610. The number of piperidine rings is 1. The van der Waals surface area contributed by atoms with Gasteiger partial charge in [0, 0.05) is 12.6 Å². The molecule has 0 aromatic rings. The van der Waals surface area contributed by atoms with E-state index in [4.69, 9.17) is 5.11 Å². The molecule has 1 aliphatic carbocycles. The molecule has 92 valence electrons. The summed E-state index contributed by atoms with van der Waals surface area (Å²) in [6, 6.07) is 0.500. The average Bonchev–Trinajstić information content (AvgIpc) is 2.30. The van der Waals surface area contributed by atoms with E-state index < -0.39 is 11.6 Å². The van der Waals surface area contributed by atoms with E-state index >= 15 is 0 Å². The summed E-state index contributed by atoms with van der Waals surface area (Å²) in [4.78, 5) is 13.2. The van der Waals surface area contributed by atoms with Gasteiger partial charge in [-0.15, -0.1) is 0 Å². The first-order valence-electron chi connectivity index (χ1n) is 6.32. The van der Waals surface area contributed by atoms with E-state index in [1.807, 2.05) is 0 Å². The van der Waals surface area contributed by atoms with Gasteiger partial charge in [-0.05, 0) is 32.2 Å². The molecule has 2 fully saturated rings. The minimum absolute atomic E-state index is 0.312. The van der Waals surface area contributed by atoms with Crippen molar-refractivity contribution in [2.75, 3.05) is 13.1 Å². The maximum atomic E-state index is 11.0. The summed E-state index contributed by atoms with van der Waals surface area (Å²) in [6.45, 7) is 1.26. The van der Waals surface area contributed by atoms with Crippen molar-refractivity contribution in [1.82, 2.24) is 4.90 Å². The lowest BCUT2D eigenvalue weighted by molar-refractivity contribution is -0.165. The van der Waals surface area contributed by atoms with E-state index in [0.29, 0.717) is 19.0 Å². The molecule has 0 spiro atoms. The van der Waals surface area contributed by atoms with Crippen molar-refractivity contribution in [3.05, 3.63) is 0 Å². The van der Waals surface area contributed by atoms with Crippen molar-refractivity contribution in [3.8, 4) is 0 Å². The van der Waals surface area contributed by atoms with Gasteiger partial charge in [-0.2, -0.15) is 0 Å². The van der Waals surface area contributed by atoms with Gasteiger partial charge in [-0.3, -0.25) is 4.90 Å². The Morgan fingerprint density at radius 2 is 1.88 bits per heavy atom. The second-order valence-electron chi connectivity index (χ2n) is 5.20. The molecule has 1 saturated heterocycles. The van der Waals surface area contributed by atoms with Gasteiger partial charge in [0.1, 0.15) is 0 Å². The van der Waals surface area contributed by atoms with Gasteiger partial charge in [0.25, 0.3) is 0 Å². The minimum atomic E-state index is -1.50. The number of carboxylic acid groups (broad SMARTS) is 1. The molecule has 0 amide bonds. The Labute approximate surface area is 96.3 Å². The first-order valence-corrected chi connectivity index (χ1v) is 6.32. The lowest BCUT2D eigenvalue weighted by atomic mass is 9.88. The van der Waals surface area contributed by atoms with Gasteiger partial charge in [-0.1, -0.05) is 19.3 Å².